The lowest BCUT2D eigenvalue weighted by Gasteiger charge is -2.31. The molecule has 0 atom stereocenters. The molecule has 0 bridgehead atoms. The second kappa shape index (κ2) is 10.3. The van der Waals surface area contributed by atoms with Gasteiger partial charge in [-0.3, -0.25) is 14.5 Å². The summed E-state index contributed by atoms with van der Waals surface area (Å²) < 4.78 is 43.4. The number of carbonyl (C=O) groups is 1. The number of alkyl halides is 2. The monoisotopic (exact) mass is 554 g/mol. The van der Waals surface area contributed by atoms with Crippen molar-refractivity contribution in [2.24, 2.45) is 0 Å². The Kier molecular flexibility index (Phi) is 6.63. The van der Waals surface area contributed by atoms with Crippen LogP contribution < -0.4 is 10.2 Å². The third-order valence-corrected chi connectivity index (χ3v) is 6.99. The largest absolute Gasteiger partial charge is 0.341 e. The van der Waals surface area contributed by atoms with Crippen LogP contribution in [0.5, 0.6) is 0 Å². The van der Waals surface area contributed by atoms with Crippen LogP contribution in [0.25, 0.3) is 11.3 Å². The summed E-state index contributed by atoms with van der Waals surface area (Å²) in [5, 5.41) is 6.65. The lowest BCUT2D eigenvalue weighted by atomic mass is 10.0. The minimum atomic E-state index is -2.98. The molecule has 1 aromatic carbocycles. The fraction of sp³-hybridized carbons (Fsp3) is 0.308. The van der Waals surface area contributed by atoms with Crippen LogP contribution in [-0.4, -0.2) is 48.7 Å². The lowest BCUT2D eigenvalue weighted by Crippen LogP contribution is -2.38. The highest BCUT2D eigenvalue weighted by Gasteiger charge is 2.30. The van der Waals surface area contributed by atoms with Gasteiger partial charge < -0.3 is 10.2 Å². The number of carbonyl (C=O) groups excluding carboxylic acids is 1. The molecular weight excluding hydrogens is 533 g/mol. The Morgan fingerprint density at radius 1 is 1.13 bits per heavy atom. The molecule has 9 nitrogen and oxygen atoms in total. The van der Waals surface area contributed by atoms with E-state index in [1.807, 2.05) is 6.20 Å². The van der Waals surface area contributed by atoms with Gasteiger partial charge in [-0.2, -0.15) is 5.10 Å². The zero-order valence-corrected chi connectivity index (χ0v) is 21.2. The van der Waals surface area contributed by atoms with E-state index in [2.05, 4.69) is 30.3 Å². The second-order valence-corrected chi connectivity index (χ2v) is 9.90. The molecule has 1 amide bonds. The maximum absolute atomic E-state index is 14.7. The molecule has 3 aromatic heterocycles. The molecule has 1 aliphatic heterocycles. The van der Waals surface area contributed by atoms with E-state index in [9.17, 15) is 18.0 Å². The van der Waals surface area contributed by atoms with E-state index in [-0.39, 0.29) is 16.4 Å². The van der Waals surface area contributed by atoms with E-state index in [1.54, 1.807) is 10.9 Å². The number of hydrogen-bond acceptors (Lipinski definition) is 7. The van der Waals surface area contributed by atoms with Gasteiger partial charge in [0, 0.05) is 48.1 Å². The van der Waals surface area contributed by atoms with Crippen molar-refractivity contribution in [1.82, 2.24) is 29.7 Å². The zero-order chi connectivity index (χ0) is 27.1. The average molecular weight is 555 g/mol. The number of aromatic nitrogens is 6. The van der Waals surface area contributed by atoms with Gasteiger partial charge in [0.25, 0.3) is 12.3 Å². The van der Waals surface area contributed by atoms with Crippen molar-refractivity contribution < 1.29 is 18.0 Å². The Labute approximate surface area is 226 Å². The standard InChI is InChI=1S/C26H22ClF3N8O/c27-18-5-4-17(24(29)30)21(22(18)28)19-10-31-11-20(35-19)25(39)34-16-9-33-38(13-16)12-15-8-32-26(37-6-1-7-37)36-23(15)14-2-3-14/h4-5,8-11,13-14,24H,1-3,6-7,12H2,(H,34,39). The maximum Gasteiger partial charge on any atom is 0.275 e. The molecule has 13 heteroatoms. The van der Waals surface area contributed by atoms with Gasteiger partial charge in [-0.05, 0) is 25.3 Å². The predicted molar refractivity (Wildman–Crippen MR) is 138 cm³/mol. The summed E-state index contributed by atoms with van der Waals surface area (Å²) in [5.74, 6) is -0.526. The Morgan fingerprint density at radius 3 is 2.67 bits per heavy atom. The van der Waals surface area contributed by atoms with E-state index in [4.69, 9.17) is 16.6 Å². The van der Waals surface area contributed by atoms with Gasteiger partial charge in [0.15, 0.2) is 5.82 Å². The van der Waals surface area contributed by atoms with E-state index in [0.717, 1.165) is 74.1 Å². The van der Waals surface area contributed by atoms with E-state index in [0.29, 0.717) is 18.2 Å². The van der Waals surface area contributed by atoms with Crippen molar-refractivity contribution in [3.05, 3.63) is 76.5 Å². The summed E-state index contributed by atoms with van der Waals surface area (Å²) in [7, 11) is 0. The third-order valence-electron chi connectivity index (χ3n) is 6.70. The second-order valence-electron chi connectivity index (χ2n) is 9.49. The van der Waals surface area contributed by atoms with Crippen LogP contribution in [0.4, 0.5) is 24.8 Å². The first-order valence-electron chi connectivity index (χ1n) is 12.4. The van der Waals surface area contributed by atoms with Gasteiger partial charge in [0.05, 0.1) is 47.2 Å². The Balaban J connectivity index is 1.19. The fourth-order valence-electron chi connectivity index (χ4n) is 4.40. The fourth-order valence-corrected chi connectivity index (χ4v) is 4.56. The van der Waals surface area contributed by atoms with Crippen molar-refractivity contribution in [2.75, 3.05) is 23.3 Å². The molecule has 200 valence electrons. The van der Waals surface area contributed by atoms with Gasteiger partial charge in [-0.15, -0.1) is 0 Å². The highest BCUT2D eigenvalue weighted by molar-refractivity contribution is 6.31. The van der Waals surface area contributed by atoms with Crippen molar-refractivity contribution >= 4 is 29.1 Å². The summed E-state index contributed by atoms with van der Waals surface area (Å²) >= 11 is 5.80. The van der Waals surface area contributed by atoms with E-state index in [1.165, 1.54) is 6.20 Å². The normalized spacial score (nSPS) is 14.9. The molecule has 39 heavy (non-hydrogen) atoms. The van der Waals surface area contributed by atoms with E-state index < -0.39 is 29.3 Å². The van der Waals surface area contributed by atoms with Crippen LogP contribution in [-0.2, 0) is 6.54 Å². The number of benzene rings is 1. The van der Waals surface area contributed by atoms with Crippen LogP contribution in [0.1, 0.15) is 58.9 Å². The summed E-state index contributed by atoms with van der Waals surface area (Å²) in [6.07, 6.45) is 7.61. The molecule has 2 fully saturated rings. The van der Waals surface area contributed by atoms with Gasteiger partial charge in [0.2, 0.25) is 5.95 Å². The van der Waals surface area contributed by atoms with E-state index >= 15 is 0 Å². The average Bonchev–Trinajstić information content (AvgIpc) is 3.65. The molecule has 4 aromatic rings. The molecule has 0 unspecified atom stereocenters. The van der Waals surface area contributed by atoms with Crippen LogP contribution in [0.3, 0.4) is 0 Å². The maximum atomic E-state index is 14.7. The molecule has 0 spiro atoms. The quantitative estimate of drug-likeness (QED) is 0.317. The number of nitrogens with one attached hydrogen (secondary N) is 1. The smallest absolute Gasteiger partial charge is 0.275 e. The summed E-state index contributed by atoms with van der Waals surface area (Å²) in [6, 6.07) is 2.07. The lowest BCUT2D eigenvalue weighted by molar-refractivity contribution is 0.102. The van der Waals surface area contributed by atoms with Gasteiger partial charge in [-0.25, -0.2) is 28.1 Å². The van der Waals surface area contributed by atoms with Crippen molar-refractivity contribution in [1.29, 1.82) is 0 Å². The first-order valence-corrected chi connectivity index (χ1v) is 12.8. The van der Waals surface area contributed by atoms with Gasteiger partial charge >= 0.3 is 0 Å². The van der Waals surface area contributed by atoms with Crippen LogP contribution >= 0.6 is 11.6 Å². The molecule has 4 heterocycles. The van der Waals surface area contributed by atoms with Crippen LogP contribution in [0, 0.1) is 5.82 Å². The summed E-state index contributed by atoms with van der Waals surface area (Å²) in [6.45, 7) is 2.38. The summed E-state index contributed by atoms with van der Waals surface area (Å²) in [5.41, 5.74) is 0.879. The molecule has 1 aliphatic carbocycles. The number of hydrogen-bond donors (Lipinski definition) is 1. The van der Waals surface area contributed by atoms with Gasteiger partial charge in [0.1, 0.15) is 5.69 Å². The molecule has 2 aliphatic rings. The third kappa shape index (κ3) is 5.16. The Hall–Kier alpha value is -4.06. The van der Waals surface area contributed by atoms with Crippen LogP contribution in [0.2, 0.25) is 5.02 Å². The molecule has 0 radical (unpaired) electrons. The molecule has 1 N–H and O–H groups in total. The van der Waals surface area contributed by atoms with Crippen molar-refractivity contribution in [2.45, 2.75) is 38.2 Å². The highest BCUT2D eigenvalue weighted by atomic mass is 35.5. The number of amides is 1. The summed E-state index contributed by atoms with van der Waals surface area (Å²) in [4.78, 5) is 32.4. The first kappa shape index (κ1) is 25.2. The zero-order valence-electron chi connectivity index (χ0n) is 20.5. The topological polar surface area (TPSA) is 102 Å². The van der Waals surface area contributed by atoms with Gasteiger partial charge in [-0.1, -0.05) is 17.7 Å². The molecule has 1 saturated carbocycles. The highest BCUT2D eigenvalue weighted by Crippen LogP contribution is 2.41. The number of anilines is 2. The number of halogens is 4. The minimum absolute atomic E-state index is 0.189. The van der Waals surface area contributed by atoms with Crippen LogP contribution in [0.15, 0.2) is 43.1 Å². The predicted octanol–water partition coefficient (Wildman–Crippen LogP) is 5.25. The Bertz CT molecular complexity index is 1550. The molecule has 6 rings (SSSR count). The number of nitrogens with zero attached hydrogens (tertiary/aromatic N) is 7. The minimum Gasteiger partial charge on any atom is -0.341 e. The first-order chi connectivity index (χ1) is 18.9. The Morgan fingerprint density at radius 2 is 1.95 bits per heavy atom. The van der Waals surface area contributed by atoms with Crippen molar-refractivity contribution in [3.63, 3.8) is 0 Å². The SMILES string of the molecule is O=C(Nc1cnn(Cc2cnc(N3CCC3)nc2C2CC2)c1)c1cncc(-c2c(C(F)F)ccc(Cl)c2F)n1. The number of rotatable bonds is 8. The van der Waals surface area contributed by atoms with Crippen molar-refractivity contribution in [3.8, 4) is 11.3 Å². The molecular formula is C26H22ClF3N8O. The molecule has 1 saturated heterocycles.